The molecular formula is C20H21ClN4. The molecule has 2 aromatic carbocycles. The topological polar surface area (TPSA) is 42.7 Å². The quantitative estimate of drug-likeness (QED) is 0.704. The molecule has 0 aliphatic carbocycles. The molecule has 0 unspecified atom stereocenters. The standard InChI is InChI=1S/C20H21ClN4/c1-13(2)14-6-8-15(9-7-14)18-11-19(16-4-3-5-17(21)10-16)25-20(24-18)22-12-23-25/h3-10,12-13,18-19H,11H2,1-2H3,(H,22,23,24)/t18-,19-/m1/s1. The average molecular weight is 353 g/mol. The molecule has 0 saturated carbocycles. The molecular weight excluding hydrogens is 332 g/mol. The van der Waals surface area contributed by atoms with Crippen LogP contribution in [-0.2, 0) is 0 Å². The monoisotopic (exact) mass is 352 g/mol. The summed E-state index contributed by atoms with van der Waals surface area (Å²) in [6.07, 6.45) is 2.50. The summed E-state index contributed by atoms with van der Waals surface area (Å²) in [5, 5.41) is 8.67. The molecule has 0 saturated heterocycles. The van der Waals surface area contributed by atoms with E-state index in [9.17, 15) is 0 Å². The maximum absolute atomic E-state index is 6.20. The number of rotatable bonds is 3. The Kier molecular flexibility index (Phi) is 4.22. The molecule has 5 heteroatoms. The van der Waals surface area contributed by atoms with E-state index >= 15 is 0 Å². The predicted molar refractivity (Wildman–Crippen MR) is 101 cm³/mol. The second-order valence-electron chi connectivity index (χ2n) is 6.85. The van der Waals surface area contributed by atoms with Crippen molar-refractivity contribution in [2.75, 3.05) is 5.32 Å². The summed E-state index contributed by atoms with van der Waals surface area (Å²) < 4.78 is 1.95. The molecule has 2 heterocycles. The van der Waals surface area contributed by atoms with Gasteiger partial charge in [-0.05, 0) is 41.2 Å². The van der Waals surface area contributed by atoms with Crippen molar-refractivity contribution in [2.45, 2.75) is 38.3 Å². The number of nitrogens with one attached hydrogen (secondary N) is 1. The van der Waals surface area contributed by atoms with Crippen LogP contribution in [-0.4, -0.2) is 14.8 Å². The first-order chi connectivity index (χ1) is 12.1. The lowest BCUT2D eigenvalue weighted by Gasteiger charge is -2.32. The van der Waals surface area contributed by atoms with Crippen molar-refractivity contribution in [3.8, 4) is 0 Å². The van der Waals surface area contributed by atoms with Crippen LogP contribution in [0.1, 0.15) is 55.0 Å². The van der Waals surface area contributed by atoms with Gasteiger partial charge in [0.05, 0.1) is 12.1 Å². The number of hydrogen-bond acceptors (Lipinski definition) is 3. The minimum absolute atomic E-state index is 0.118. The Morgan fingerprint density at radius 1 is 1.12 bits per heavy atom. The van der Waals surface area contributed by atoms with Gasteiger partial charge in [0.2, 0.25) is 5.95 Å². The summed E-state index contributed by atoms with van der Waals surface area (Å²) in [6.45, 7) is 4.43. The Balaban J connectivity index is 1.68. The van der Waals surface area contributed by atoms with Crippen molar-refractivity contribution in [3.05, 3.63) is 76.6 Å². The molecule has 0 radical (unpaired) electrons. The summed E-state index contributed by atoms with van der Waals surface area (Å²) in [6, 6.07) is 17.2. The van der Waals surface area contributed by atoms with Crippen molar-refractivity contribution >= 4 is 17.5 Å². The molecule has 0 spiro atoms. The summed E-state index contributed by atoms with van der Waals surface area (Å²) in [4.78, 5) is 4.38. The molecule has 0 fully saturated rings. The number of anilines is 1. The number of benzene rings is 2. The molecule has 128 valence electrons. The van der Waals surface area contributed by atoms with Crippen LogP contribution in [0.4, 0.5) is 5.95 Å². The lowest BCUT2D eigenvalue weighted by molar-refractivity contribution is 0.431. The van der Waals surface area contributed by atoms with Gasteiger partial charge in [0.1, 0.15) is 6.33 Å². The molecule has 4 rings (SSSR count). The van der Waals surface area contributed by atoms with E-state index in [4.69, 9.17) is 11.6 Å². The van der Waals surface area contributed by atoms with Crippen LogP contribution in [0.5, 0.6) is 0 Å². The molecule has 1 N–H and O–H groups in total. The number of fused-ring (bicyclic) bond motifs is 1. The van der Waals surface area contributed by atoms with Crippen LogP contribution in [0.15, 0.2) is 54.9 Å². The summed E-state index contributed by atoms with van der Waals surface area (Å²) in [5.41, 5.74) is 3.78. The van der Waals surface area contributed by atoms with Gasteiger partial charge in [-0.25, -0.2) is 4.68 Å². The van der Waals surface area contributed by atoms with E-state index < -0.39 is 0 Å². The van der Waals surface area contributed by atoms with E-state index in [0.717, 1.165) is 23.0 Å². The third-order valence-electron chi connectivity index (χ3n) is 4.87. The van der Waals surface area contributed by atoms with Crippen molar-refractivity contribution in [2.24, 2.45) is 0 Å². The van der Waals surface area contributed by atoms with Crippen molar-refractivity contribution in [1.29, 1.82) is 0 Å². The van der Waals surface area contributed by atoms with E-state index in [1.54, 1.807) is 6.33 Å². The highest BCUT2D eigenvalue weighted by Crippen LogP contribution is 2.38. The third kappa shape index (κ3) is 3.14. The van der Waals surface area contributed by atoms with Crippen LogP contribution >= 0.6 is 11.6 Å². The molecule has 0 bridgehead atoms. The van der Waals surface area contributed by atoms with E-state index in [2.05, 4.69) is 59.6 Å². The van der Waals surface area contributed by atoms with E-state index in [1.165, 1.54) is 11.1 Å². The van der Waals surface area contributed by atoms with Gasteiger partial charge in [0.25, 0.3) is 0 Å². The Bertz CT molecular complexity index is 869. The number of nitrogens with zero attached hydrogens (tertiary/aromatic N) is 3. The Hall–Kier alpha value is -2.33. The molecule has 1 aromatic heterocycles. The van der Waals surface area contributed by atoms with Gasteiger partial charge in [-0.15, -0.1) is 0 Å². The maximum Gasteiger partial charge on any atom is 0.222 e. The molecule has 1 aliphatic heterocycles. The fraction of sp³-hybridized carbons (Fsp3) is 0.300. The largest absolute Gasteiger partial charge is 0.348 e. The first-order valence-corrected chi connectivity index (χ1v) is 9.01. The highest BCUT2D eigenvalue weighted by molar-refractivity contribution is 6.30. The first kappa shape index (κ1) is 16.2. The second-order valence-corrected chi connectivity index (χ2v) is 7.29. The SMILES string of the molecule is CC(C)c1ccc([C@H]2C[C@H](c3cccc(Cl)c3)n3ncnc3N2)cc1. The molecule has 4 nitrogen and oxygen atoms in total. The van der Waals surface area contributed by atoms with E-state index in [-0.39, 0.29) is 12.1 Å². The third-order valence-corrected chi connectivity index (χ3v) is 5.10. The highest BCUT2D eigenvalue weighted by Gasteiger charge is 2.29. The van der Waals surface area contributed by atoms with Crippen LogP contribution < -0.4 is 5.32 Å². The normalized spacial score (nSPS) is 19.5. The Morgan fingerprint density at radius 3 is 2.64 bits per heavy atom. The Morgan fingerprint density at radius 2 is 1.92 bits per heavy atom. The van der Waals surface area contributed by atoms with Crippen LogP contribution in [0, 0.1) is 0 Å². The van der Waals surface area contributed by atoms with E-state index in [1.807, 2.05) is 22.9 Å². The highest BCUT2D eigenvalue weighted by atomic mass is 35.5. The van der Waals surface area contributed by atoms with Crippen molar-refractivity contribution < 1.29 is 0 Å². The van der Waals surface area contributed by atoms with Gasteiger partial charge in [-0.1, -0.05) is 61.8 Å². The molecule has 25 heavy (non-hydrogen) atoms. The molecule has 0 amide bonds. The lowest BCUT2D eigenvalue weighted by atomic mass is 9.92. The molecule has 2 atom stereocenters. The van der Waals surface area contributed by atoms with Crippen LogP contribution in [0.25, 0.3) is 0 Å². The average Bonchev–Trinajstić information content (AvgIpc) is 3.09. The van der Waals surface area contributed by atoms with Crippen LogP contribution in [0.3, 0.4) is 0 Å². The Labute approximate surface area is 152 Å². The fourth-order valence-corrected chi connectivity index (χ4v) is 3.64. The number of hydrogen-bond donors (Lipinski definition) is 1. The zero-order valence-electron chi connectivity index (χ0n) is 14.4. The zero-order chi connectivity index (χ0) is 17.4. The van der Waals surface area contributed by atoms with Gasteiger partial charge < -0.3 is 5.32 Å². The number of halogens is 1. The molecule has 3 aromatic rings. The van der Waals surface area contributed by atoms with Gasteiger partial charge in [0, 0.05) is 5.02 Å². The maximum atomic E-state index is 6.20. The van der Waals surface area contributed by atoms with Gasteiger partial charge in [-0.2, -0.15) is 10.1 Å². The fourth-order valence-electron chi connectivity index (χ4n) is 3.44. The minimum atomic E-state index is 0.118. The van der Waals surface area contributed by atoms with Gasteiger partial charge in [-0.3, -0.25) is 0 Å². The van der Waals surface area contributed by atoms with Crippen LogP contribution in [0.2, 0.25) is 5.02 Å². The van der Waals surface area contributed by atoms with Gasteiger partial charge >= 0.3 is 0 Å². The summed E-state index contributed by atoms with van der Waals surface area (Å²) >= 11 is 6.20. The van der Waals surface area contributed by atoms with E-state index in [0.29, 0.717) is 5.92 Å². The molecule has 1 aliphatic rings. The second kappa shape index (κ2) is 6.52. The summed E-state index contributed by atoms with van der Waals surface area (Å²) in [5.74, 6) is 1.34. The number of aromatic nitrogens is 3. The van der Waals surface area contributed by atoms with Crippen molar-refractivity contribution in [3.63, 3.8) is 0 Å². The first-order valence-electron chi connectivity index (χ1n) is 8.63. The van der Waals surface area contributed by atoms with Crippen molar-refractivity contribution in [1.82, 2.24) is 14.8 Å². The smallest absolute Gasteiger partial charge is 0.222 e. The van der Waals surface area contributed by atoms with Gasteiger partial charge in [0.15, 0.2) is 0 Å². The summed E-state index contributed by atoms with van der Waals surface area (Å²) in [7, 11) is 0. The minimum Gasteiger partial charge on any atom is -0.348 e. The zero-order valence-corrected chi connectivity index (χ0v) is 15.1. The lowest BCUT2D eigenvalue weighted by Crippen LogP contribution is -2.28. The predicted octanol–water partition coefficient (Wildman–Crippen LogP) is 5.20.